The van der Waals surface area contributed by atoms with Crippen molar-refractivity contribution in [1.29, 1.82) is 0 Å². The van der Waals surface area contributed by atoms with Crippen LogP contribution in [0.25, 0.3) is 0 Å². The van der Waals surface area contributed by atoms with Gasteiger partial charge < -0.3 is 0 Å². The molecule has 0 aliphatic rings. The van der Waals surface area contributed by atoms with Crippen LogP contribution >= 0.6 is 11.3 Å². The van der Waals surface area contributed by atoms with Gasteiger partial charge >= 0.3 is 0 Å². The van der Waals surface area contributed by atoms with E-state index in [-0.39, 0.29) is 5.82 Å². The van der Waals surface area contributed by atoms with Crippen LogP contribution in [-0.4, -0.2) is 16.4 Å². The second kappa shape index (κ2) is 4.61. The number of halogens is 1. The Bertz CT molecular complexity index is 455. The zero-order valence-electron chi connectivity index (χ0n) is 7.59. The Hall–Kier alpha value is -1.82. The summed E-state index contributed by atoms with van der Waals surface area (Å²) in [5, 5.41) is 11.9. The highest BCUT2D eigenvalue weighted by atomic mass is 32.1. The number of nitrogens with one attached hydrogen (secondary N) is 1. The van der Waals surface area contributed by atoms with Crippen LogP contribution in [0.4, 0.5) is 9.52 Å². The summed E-state index contributed by atoms with van der Waals surface area (Å²) in [5.74, 6) is -0.283. The van der Waals surface area contributed by atoms with E-state index in [0.717, 1.165) is 0 Å². The number of rotatable bonds is 3. The second-order valence-corrected chi connectivity index (χ2v) is 3.50. The maximum absolute atomic E-state index is 12.8. The van der Waals surface area contributed by atoms with E-state index in [1.165, 1.54) is 29.7 Å². The van der Waals surface area contributed by atoms with Crippen LogP contribution in [0.3, 0.4) is 0 Å². The zero-order valence-corrected chi connectivity index (χ0v) is 8.41. The fourth-order valence-corrected chi connectivity index (χ4v) is 1.36. The molecular weight excluding hydrogens is 215 g/mol. The van der Waals surface area contributed by atoms with Crippen LogP contribution in [0.5, 0.6) is 0 Å². The predicted molar refractivity (Wildman–Crippen MR) is 57.5 cm³/mol. The molecule has 1 aromatic carbocycles. The third-order valence-electron chi connectivity index (χ3n) is 1.58. The molecule has 1 heterocycles. The van der Waals surface area contributed by atoms with Gasteiger partial charge in [0.05, 0.1) is 6.21 Å². The summed E-state index contributed by atoms with van der Waals surface area (Å²) in [6.45, 7) is 0. The van der Waals surface area contributed by atoms with Crippen molar-refractivity contribution in [2.24, 2.45) is 5.10 Å². The molecule has 1 aromatic heterocycles. The molecule has 0 spiro atoms. The average molecular weight is 222 g/mol. The van der Waals surface area contributed by atoms with Crippen LogP contribution in [0.15, 0.2) is 34.9 Å². The number of nitrogens with zero attached hydrogens (tertiary/aromatic N) is 3. The maximum atomic E-state index is 12.8. The monoisotopic (exact) mass is 222 g/mol. The lowest BCUT2D eigenvalue weighted by atomic mass is 10.2. The second-order valence-electron chi connectivity index (χ2n) is 2.67. The van der Waals surface area contributed by atoms with Crippen LogP contribution in [-0.2, 0) is 0 Å². The summed E-state index contributed by atoms with van der Waals surface area (Å²) in [5.41, 5.74) is 4.97. The number of hydrogen-bond donors (Lipinski definition) is 1. The molecule has 0 radical (unpaired) electrons. The largest absolute Gasteiger partial charge is 0.251 e. The Morgan fingerprint density at radius 3 is 3.13 bits per heavy atom. The molecule has 0 saturated carbocycles. The smallest absolute Gasteiger partial charge is 0.225 e. The lowest BCUT2D eigenvalue weighted by Crippen LogP contribution is -1.90. The van der Waals surface area contributed by atoms with Crippen molar-refractivity contribution in [1.82, 2.24) is 10.2 Å². The van der Waals surface area contributed by atoms with Crippen molar-refractivity contribution in [3.8, 4) is 0 Å². The van der Waals surface area contributed by atoms with Crippen LogP contribution in [0, 0.1) is 5.82 Å². The molecule has 15 heavy (non-hydrogen) atoms. The molecule has 0 bridgehead atoms. The first-order valence-corrected chi connectivity index (χ1v) is 5.03. The molecular formula is C9H7FN4S. The van der Waals surface area contributed by atoms with Gasteiger partial charge in [-0.15, -0.1) is 10.2 Å². The van der Waals surface area contributed by atoms with Gasteiger partial charge in [-0.05, 0) is 17.7 Å². The molecule has 4 nitrogen and oxygen atoms in total. The van der Waals surface area contributed by atoms with Crippen molar-refractivity contribution in [3.63, 3.8) is 0 Å². The summed E-state index contributed by atoms with van der Waals surface area (Å²) in [6, 6.07) is 6.16. The molecule has 0 saturated heterocycles. The highest BCUT2D eigenvalue weighted by molar-refractivity contribution is 7.13. The van der Waals surface area contributed by atoms with Gasteiger partial charge in [-0.2, -0.15) is 5.10 Å². The summed E-state index contributed by atoms with van der Waals surface area (Å²) in [6.07, 6.45) is 1.52. The van der Waals surface area contributed by atoms with E-state index < -0.39 is 0 Å². The van der Waals surface area contributed by atoms with Crippen molar-refractivity contribution >= 4 is 22.7 Å². The molecule has 0 unspecified atom stereocenters. The Labute approximate surface area is 89.5 Å². The minimum atomic E-state index is -0.283. The summed E-state index contributed by atoms with van der Waals surface area (Å²) in [4.78, 5) is 0. The number of hydrazone groups is 1. The standard InChI is InChI=1S/C9H7FN4S/c10-8-3-1-2-7(4-8)5-11-13-9-14-12-6-15-9/h1-6H,(H,13,14)/b11-5+. The number of benzene rings is 1. The van der Waals surface area contributed by atoms with Gasteiger partial charge in [0.15, 0.2) is 0 Å². The third-order valence-corrected chi connectivity index (χ3v) is 2.18. The number of hydrogen-bond acceptors (Lipinski definition) is 5. The minimum Gasteiger partial charge on any atom is -0.251 e. The molecule has 0 aliphatic heterocycles. The fourth-order valence-electron chi connectivity index (χ4n) is 0.971. The van der Waals surface area contributed by atoms with Crippen LogP contribution in [0.2, 0.25) is 0 Å². The molecule has 0 aliphatic carbocycles. The maximum Gasteiger partial charge on any atom is 0.225 e. The van der Waals surface area contributed by atoms with E-state index in [2.05, 4.69) is 20.7 Å². The summed E-state index contributed by atoms with van der Waals surface area (Å²) < 4.78 is 12.8. The van der Waals surface area contributed by atoms with Crippen molar-refractivity contribution in [3.05, 3.63) is 41.2 Å². The molecule has 0 amide bonds. The zero-order chi connectivity index (χ0) is 10.5. The topological polar surface area (TPSA) is 50.2 Å². The SMILES string of the molecule is Fc1cccc(/C=N/Nc2nncs2)c1. The van der Waals surface area contributed by atoms with E-state index in [9.17, 15) is 4.39 Å². The first kappa shape index (κ1) is 9.72. The van der Waals surface area contributed by atoms with E-state index in [1.54, 1.807) is 17.6 Å². The highest BCUT2D eigenvalue weighted by Gasteiger charge is 1.92. The predicted octanol–water partition coefficient (Wildman–Crippen LogP) is 2.12. The summed E-state index contributed by atoms with van der Waals surface area (Å²) >= 11 is 1.34. The lowest BCUT2D eigenvalue weighted by Gasteiger charge is -1.93. The van der Waals surface area contributed by atoms with E-state index >= 15 is 0 Å². The third kappa shape index (κ3) is 2.81. The normalized spacial score (nSPS) is 10.7. The van der Waals surface area contributed by atoms with E-state index in [1.807, 2.05) is 0 Å². The van der Waals surface area contributed by atoms with E-state index in [0.29, 0.717) is 10.7 Å². The Kier molecular flexibility index (Phi) is 2.99. The molecule has 0 atom stereocenters. The number of anilines is 1. The lowest BCUT2D eigenvalue weighted by molar-refractivity contribution is 0.627. The molecule has 2 aromatic rings. The first-order chi connectivity index (χ1) is 7.34. The van der Waals surface area contributed by atoms with Gasteiger partial charge in [-0.25, -0.2) is 4.39 Å². The van der Waals surface area contributed by atoms with Gasteiger partial charge in [-0.3, -0.25) is 5.43 Å². The van der Waals surface area contributed by atoms with Gasteiger partial charge in [0.2, 0.25) is 5.13 Å². The Morgan fingerprint density at radius 1 is 1.47 bits per heavy atom. The Morgan fingerprint density at radius 2 is 2.40 bits per heavy atom. The van der Waals surface area contributed by atoms with E-state index in [4.69, 9.17) is 0 Å². The fraction of sp³-hybridized carbons (Fsp3) is 0. The van der Waals surface area contributed by atoms with Crippen molar-refractivity contribution in [2.45, 2.75) is 0 Å². The summed E-state index contributed by atoms with van der Waals surface area (Å²) in [7, 11) is 0. The molecule has 2 rings (SSSR count). The van der Waals surface area contributed by atoms with Gasteiger partial charge in [0.1, 0.15) is 11.3 Å². The van der Waals surface area contributed by atoms with Crippen LogP contribution in [0.1, 0.15) is 5.56 Å². The molecule has 0 fully saturated rings. The van der Waals surface area contributed by atoms with Gasteiger partial charge in [0.25, 0.3) is 0 Å². The van der Waals surface area contributed by atoms with Crippen molar-refractivity contribution < 1.29 is 4.39 Å². The van der Waals surface area contributed by atoms with Gasteiger partial charge in [-0.1, -0.05) is 23.5 Å². The first-order valence-electron chi connectivity index (χ1n) is 4.15. The van der Waals surface area contributed by atoms with Gasteiger partial charge in [0, 0.05) is 0 Å². The Balaban J connectivity index is 2.00. The average Bonchev–Trinajstić information content (AvgIpc) is 2.71. The minimum absolute atomic E-state index is 0.283. The quantitative estimate of drug-likeness (QED) is 0.639. The molecule has 76 valence electrons. The highest BCUT2D eigenvalue weighted by Crippen LogP contribution is 2.07. The number of aromatic nitrogens is 2. The van der Waals surface area contributed by atoms with Crippen molar-refractivity contribution in [2.75, 3.05) is 5.43 Å². The molecule has 6 heteroatoms. The van der Waals surface area contributed by atoms with Crippen LogP contribution < -0.4 is 5.43 Å². The molecule has 1 N–H and O–H groups in total.